The summed E-state index contributed by atoms with van der Waals surface area (Å²) in [6.07, 6.45) is 7.57. The Balaban J connectivity index is 0.00000312. The Hall–Kier alpha value is -1.66. The molecule has 1 aliphatic rings. The van der Waals surface area contributed by atoms with Crippen molar-refractivity contribution in [2.24, 2.45) is 0 Å². The number of halogens is 2. The predicted octanol–water partition coefficient (Wildman–Crippen LogP) is 3.25. The lowest BCUT2D eigenvalue weighted by Gasteiger charge is -2.16. The topological polar surface area (TPSA) is 70.2 Å². The van der Waals surface area contributed by atoms with Gasteiger partial charge in [-0.2, -0.15) is 0 Å². The van der Waals surface area contributed by atoms with Crippen molar-refractivity contribution in [1.29, 1.82) is 0 Å². The lowest BCUT2D eigenvalue weighted by Crippen LogP contribution is -2.36. The van der Waals surface area contributed by atoms with Gasteiger partial charge in [-0.15, -0.1) is 12.4 Å². The minimum atomic E-state index is -0.559. The van der Waals surface area contributed by atoms with E-state index in [4.69, 9.17) is 0 Å². The fourth-order valence-electron chi connectivity index (χ4n) is 2.99. The van der Waals surface area contributed by atoms with E-state index in [2.05, 4.69) is 16.0 Å². The van der Waals surface area contributed by atoms with E-state index in [1.165, 1.54) is 63.6 Å². The van der Waals surface area contributed by atoms with Crippen LogP contribution in [0.25, 0.3) is 0 Å². The van der Waals surface area contributed by atoms with Crippen LogP contribution < -0.4 is 16.0 Å². The quantitative estimate of drug-likeness (QED) is 0.531. The van der Waals surface area contributed by atoms with Crippen LogP contribution in [-0.2, 0) is 4.79 Å². The first-order valence-electron chi connectivity index (χ1n) is 8.65. The van der Waals surface area contributed by atoms with Crippen molar-refractivity contribution in [2.45, 2.75) is 51.5 Å². The second-order valence-electron chi connectivity index (χ2n) is 6.27. The maximum absolute atomic E-state index is 13.6. The molecule has 0 saturated heterocycles. The van der Waals surface area contributed by atoms with Crippen LogP contribution >= 0.6 is 12.4 Å². The number of nitrogens with one attached hydrogen (secondary N) is 3. The number of rotatable bonds is 6. The molecule has 0 radical (unpaired) electrons. The van der Waals surface area contributed by atoms with E-state index in [-0.39, 0.29) is 29.9 Å². The molecule has 1 aromatic rings. The van der Waals surface area contributed by atoms with Gasteiger partial charge >= 0.3 is 0 Å². The van der Waals surface area contributed by atoms with Crippen LogP contribution in [0.15, 0.2) is 18.2 Å². The van der Waals surface area contributed by atoms with E-state index in [0.717, 1.165) is 6.54 Å². The molecule has 1 aliphatic carbocycles. The molecular weight excluding hydrogens is 345 g/mol. The number of hydrogen-bond acceptors (Lipinski definition) is 3. The number of amides is 2. The van der Waals surface area contributed by atoms with E-state index in [1.54, 1.807) is 0 Å². The molecule has 1 fully saturated rings. The van der Waals surface area contributed by atoms with E-state index >= 15 is 0 Å². The minimum absolute atomic E-state index is 0. The second kappa shape index (κ2) is 11.1. The van der Waals surface area contributed by atoms with Gasteiger partial charge < -0.3 is 16.0 Å². The molecular formula is C18H27ClFN3O2. The summed E-state index contributed by atoms with van der Waals surface area (Å²) in [6, 6.07) is 4.49. The Morgan fingerprint density at radius 3 is 2.44 bits per heavy atom. The molecule has 1 saturated carbocycles. The maximum Gasteiger partial charge on any atom is 0.251 e. The molecule has 2 amide bonds. The molecule has 3 N–H and O–H groups in total. The first-order chi connectivity index (χ1) is 11.6. The van der Waals surface area contributed by atoms with Crippen LogP contribution in [0.3, 0.4) is 0 Å². The largest absolute Gasteiger partial charge is 0.351 e. The van der Waals surface area contributed by atoms with Crippen molar-refractivity contribution in [3.05, 3.63) is 29.6 Å². The molecule has 5 nitrogen and oxygen atoms in total. The lowest BCUT2D eigenvalue weighted by molar-refractivity contribution is -0.114. The normalized spacial score (nSPS) is 15.0. The van der Waals surface area contributed by atoms with Crippen molar-refractivity contribution in [3.8, 4) is 0 Å². The molecule has 7 heteroatoms. The first-order valence-corrected chi connectivity index (χ1v) is 8.65. The van der Waals surface area contributed by atoms with Crippen LogP contribution in [0.4, 0.5) is 10.1 Å². The molecule has 1 aromatic carbocycles. The van der Waals surface area contributed by atoms with E-state index in [1.807, 2.05) is 0 Å². The Morgan fingerprint density at radius 1 is 1.12 bits per heavy atom. The van der Waals surface area contributed by atoms with Gasteiger partial charge in [0.25, 0.3) is 5.91 Å². The molecule has 0 aliphatic heterocycles. The van der Waals surface area contributed by atoms with Gasteiger partial charge in [-0.05, 0) is 31.0 Å². The van der Waals surface area contributed by atoms with Gasteiger partial charge in [-0.25, -0.2) is 4.39 Å². The average molecular weight is 372 g/mol. The predicted molar refractivity (Wildman–Crippen MR) is 99.8 cm³/mol. The molecule has 0 unspecified atom stereocenters. The maximum atomic E-state index is 13.6. The summed E-state index contributed by atoms with van der Waals surface area (Å²) in [4.78, 5) is 23.2. The van der Waals surface area contributed by atoms with Gasteiger partial charge in [-0.1, -0.05) is 25.7 Å². The average Bonchev–Trinajstić information content (AvgIpc) is 2.82. The highest BCUT2D eigenvalue weighted by molar-refractivity contribution is 5.96. The van der Waals surface area contributed by atoms with Gasteiger partial charge in [0.15, 0.2) is 0 Å². The smallest absolute Gasteiger partial charge is 0.251 e. The third kappa shape index (κ3) is 7.40. The van der Waals surface area contributed by atoms with Crippen molar-refractivity contribution in [3.63, 3.8) is 0 Å². The van der Waals surface area contributed by atoms with E-state index in [0.29, 0.717) is 18.2 Å². The summed E-state index contributed by atoms with van der Waals surface area (Å²) in [7, 11) is 0. The zero-order valence-corrected chi connectivity index (χ0v) is 15.4. The van der Waals surface area contributed by atoms with Gasteiger partial charge in [0, 0.05) is 31.6 Å². The number of anilines is 1. The SMILES string of the molecule is CC(=O)Nc1cc(C(=O)NCCNC2CCCCCC2)ccc1F.Cl. The fourth-order valence-corrected chi connectivity index (χ4v) is 2.99. The van der Waals surface area contributed by atoms with Crippen LogP contribution in [0.1, 0.15) is 55.8 Å². The molecule has 25 heavy (non-hydrogen) atoms. The standard InChI is InChI=1S/C18H26FN3O2.ClH/c1-13(23)22-17-12-14(8-9-16(17)19)18(24)21-11-10-20-15-6-4-2-3-5-7-15;/h8-9,12,15,20H,2-7,10-11H2,1H3,(H,21,24)(H,22,23);1H. The first kappa shape index (κ1) is 21.4. The highest BCUT2D eigenvalue weighted by atomic mass is 35.5. The molecule has 2 rings (SSSR count). The zero-order chi connectivity index (χ0) is 17.4. The lowest BCUT2D eigenvalue weighted by atomic mass is 10.1. The molecule has 0 aromatic heterocycles. The van der Waals surface area contributed by atoms with Crippen molar-refractivity contribution in [2.75, 3.05) is 18.4 Å². The Labute approximate surface area is 154 Å². The zero-order valence-electron chi connectivity index (χ0n) is 14.6. The molecule has 0 bridgehead atoms. The second-order valence-corrected chi connectivity index (χ2v) is 6.27. The Bertz CT molecular complexity index is 575. The summed E-state index contributed by atoms with van der Waals surface area (Å²) >= 11 is 0. The number of carbonyl (C=O) groups is 2. The molecule has 0 heterocycles. The van der Waals surface area contributed by atoms with Crippen molar-refractivity contribution < 1.29 is 14.0 Å². The fraction of sp³-hybridized carbons (Fsp3) is 0.556. The van der Waals surface area contributed by atoms with E-state index < -0.39 is 5.82 Å². The van der Waals surface area contributed by atoms with Gasteiger partial charge in [-0.3, -0.25) is 9.59 Å². The van der Waals surface area contributed by atoms with Gasteiger partial charge in [0.1, 0.15) is 5.82 Å². The third-order valence-electron chi connectivity index (χ3n) is 4.24. The van der Waals surface area contributed by atoms with Gasteiger partial charge in [0.2, 0.25) is 5.91 Å². The van der Waals surface area contributed by atoms with Crippen LogP contribution in [0.5, 0.6) is 0 Å². The summed E-state index contributed by atoms with van der Waals surface area (Å²) in [6.45, 7) is 2.53. The Morgan fingerprint density at radius 2 is 1.80 bits per heavy atom. The number of hydrogen-bond donors (Lipinski definition) is 3. The summed E-state index contributed by atoms with van der Waals surface area (Å²) in [5.41, 5.74) is 0.348. The van der Waals surface area contributed by atoms with Gasteiger partial charge in [0.05, 0.1) is 5.69 Å². The molecule has 0 spiro atoms. The summed E-state index contributed by atoms with van der Waals surface area (Å²) in [5, 5.41) is 8.68. The van der Waals surface area contributed by atoms with Crippen molar-refractivity contribution in [1.82, 2.24) is 10.6 Å². The number of carbonyl (C=O) groups excluding carboxylic acids is 2. The number of benzene rings is 1. The van der Waals surface area contributed by atoms with Crippen molar-refractivity contribution >= 4 is 29.9 Å². The summed E-state index contributed by atoms with van der Waals surface area (Å²) < 4.78 is 13.6. The highest BCUT2D eigenvalue weighted by Gasteiger charge is 2.12. The van der Waals surface area contributed by atoms with E-state index in [9.17, 15) is 14.0 Å². The molecule has 0 atom stereocenters. The minimum Gasteiger partial charge on any atom is -0.351 e. The highest BCUT2D eigenvalue weighted by Crippen LogP contribution is 2.17. The third-order valence-corrected chi connectivity index (χ3v) is 4.24. The molecule has 140 valence electrons. The summed E-state index contributed by atoms with van der Waals surface area (Å²) in [5.74, 6) is -1.21. The van der Waals surface area contributed by atoms with Crippen LogP contribution in [0.2, 0.25) is 0 Å². The monoisotopic (exact) mass is 371 g/mol. The Kier molecular flexibility index (Phi) is 9.45. The van der Waals surface area contributed by atoms with Crippen LogP contribution in [0, 0.1) is 5.82 Å². The van der Waals surface area contributed by atoms with Crippen LogP contribution in [-0.4, -0.2) is 30.9 Å².